The van der Waals surface area contributed by atoms with Crippen molar-refractivity contribution in [3.05, 3.63) is 59.4 Å². The summed E-state index contributed by atoms with van der Waals surface area (Å²) in [6, 6.07) is 8.85. The van der Waals surface area contributed by atoms with Crippen molar-refractivity contribution in [2.24, 2.45) is 0 Å². The van der Waals surface area contributed by atoms with Crippen molar-refractivity contribution in [2.75, 3.05) is 31.5 Å². The molecule has 3 amide bonds. The molecule has 0 saturated carbocycles. The van der Waals surface area contributed by atoms with Crippen LogP contribution in [0.1, 0.15) is 17.5 Å². The van der Waals surface area contributed by atoms with E-state index >= 15 is 0 Å². The van der Waals surface area contributed by atoms with Gasteiger partial charge in [0.2, 0.25) is 17.7 Å². The van der Waals surface area contributed by atoms with E-state index in [2.05, 4.69) is 5.32 Å². The number of rotatable bonds is 4. The molecule has 0 aliphatic carbocycles. The van der Waals surface area contributed by atoms with E-state index in [4.69, 9.17) is 0 Å². The van der Waals surface area contributed by atoms with Gasteiger partial charge in [-0.25, -0.2) is 4.39 Å². The van der Waals surface area contributed by atoms with Crippen LogP contribution in [0.15, 0.2) is 47.4 Å². The molecule has 2 aliphatic heterocycles. The molecule has 11 heteroatoms. The highest BCUT2D eigenvalue weighted by Crippen LogP contribution is 2.40. The van der Waals surface area contributed by atoms with Crippen LogP contribution in [0.4, 0.5) is 23.2 Å². The number of thioether (sulfide) groups is 1. The molecule has 0 aromatic heterocycles. The summed E-state index contributed by atoms with van der Waals surface area (Å²) < 4.78 is 51.7. The van der Waals surface area contributed by atoms with Crippen LogP contribution in [0.25, 0.3) is 0 Å². The lowest BCUT2D eigenvalue weighted by atomic mass is 10.1. The monoisotopic (exact) mass is 495 g/mol. The standard InChI is InChI=1S/C23H21F4N3O3S/c24-16-4-1-14(2-5-16)11-20(31)29-7-9-30(10-8-29)21(32)13-19-22(33)28-17-12-15(23(25,26)27)3-6-18(17)34-19/h1-6,12,19H,7-11,13H2,(H,28,33). The van der Waals surface area contributed by atoms with Crippen LogP contribution < -0.4 is 5.32 Å². The van der Waals surface area contributed by atoms with Crippen LogP contribution >= 0.6 is 11.8 Å². The smallest absolute Gasteiger partial charge is 0.339 e. The van der Waals surface area contributed by atoms with Crippen molar-refractivity contribution >= 4 is 35.2 Å². The number of amides is 3. The average molecular weight is 495 g/mol. The summed E-state index contributed by atoms with van der Waals surface area (Å²) in [5.41, 5.74) is -0.0665. The van der Waals surface area contributed by atoms with E-state index in [0.717, 1.165) is 23.9 Å². The van der Waals surface area contributed by atoms with Crippen LogP contribution in [0.3, 0.4) is 0 Å². The van der Waals surface area contributed by atoms with Gasteiger partial charge < -0.3 is 15.1 Å². The molecule has 1 atom stereocenters. The van der Waals surface area contributed by atoms with Gasteiger partial charge in [0.25, 0.3) is 0 Å². The number of anilines is 1. The fourth-order valence-corrected chi connectivity index (χ4v) is 4.92. The molecule has 2 aliphatic rings. The first-order valence-electron chi connectivity index (χ1n) is 10.6. The second kappa shape index (κ2) is 9.65. The first-order valence-corrected chi connectivity index (χ1v) is 11.5. The molecule has 2 aromatic carbocycles. The van der Waals surface area contributed by atoms with Gasteiger partial charge in [0.05, 0.1) is 22.9 Å². The number of hydrogen-bond donors (Lipinski definition) is 1. The number of carbonyl (C=O) groups excluding carboxylic acids is 3. The first kappa shape index (κ1) is 24.1. The van der Waals surface area contributed by atoms with Gasteiger partial charge in [-0.1, -0.05) is 12.1 Å². The van der Waals surface area contributed by atoms with Crippen molar-refractivity contribution in [2.45, 2.75) is 29.2 Å². The minimum absolute atomic E-state index is 0.0850. The van der Waals surface area contributed by atoms with Gasteiger partial charge in [-0.05, 0) is 35.9 Å². The maximum atomic E-state index is 13.0. The third-order valence-corrected chi connectivity index (χ3v) is 7.02. The Hall–Kier alpha value is -3.08. The fourth-order valence-electron chi connectivity index (χ4n) is 3.84. The largest absolute Gasteiger partial charge is 0.416 e. The number of hydrogen-bond acceptors (Lipinski definition) is 4. The molecule has 6 nitrogen and oxygen atoms in total. The number of halogens is 4. The van der Waals surface area contributed by atoms with E-state index < -0.39 is 22.9 Å². The number of benzene rings is 2. The molecule has 1 fully saturated rings. The van der Waals surface area contributed by atoms with Crippen LogP contribution in [-0.2, 0) is 27.0 Å². The summed E-state index contributed by atoms with van der Waals surface area (Å²) in [6.45, 7) is 1.33. The zero-order chi connectivity index (χ0) is 24.5. The number of nitrogens with one attached hydrogen (secondary N) is 1. The van der Waals surface area contributed by atoms with E-state index in [9.17, 15) is 31.9 Å². The molecular formula is C23H21F4N3O3S. The van der Waals surface area contributed by atoms with Gasteiger partial charge >= 0.3 is 6.18 Å². The molecule has 1 saturated heterocycles. The molecule has 1 N–H and O–H groups in total. The van der Waals surface area contributed by atoms with Crippen molar-refractivity contribution in [1.82, 2.24) is 9.80 Å². The Bertz CT molecular complexity index is 1100. The van der Waals surface area contributed by atoms with Crippen molar-refractivity contribution in [3.63, 3.8) is 0 Å². The Kier molecular flexibility index (Phi) is 6.83. The lowest BCUT2D eigenvalue weighted by molar-refractivity contribution is -0.139. The maximum Gasteiger partial charge on any atom is 0.416 e. The number of carbonyl (C=O) groups is 3. The number of alkyl halides is 3. The number of nitrogens with zero attached hydrogens (tertiary/aromatic N) is 2. The predicted octanol–water partition coefficient (Wildman–Crippen LogP) is 3.56. The van der Waals surface area contributed by atoms with Gasteiger partial charge in [-0.15, -0.1) is 11.8 Å². The Morgan fingerprint density at radius 1 is 0.971 bits per heavy atom. The third kappa shape index (κ3) is 5.52. The topological polar surface area (TPSA) is 69.7 Å². The highest BCUT2D eigenvalue weighted by atomic mass is 32.2. The summed E-state index contributed by atoms with van der Waals surface area (Å²) in [4.78, 5) is 41.4. The Morgan fingerprint density at radius 2 is 1.59 bits per heavy atom. The van der Waals surface area contributed by atoms with E-state index in [1.165, 1.54) is 18.2 Å². The normalized spacial score (nSPS) is 18.4. The number of fused-ring (bicyclic) bond motifs is 1. The van der Waals surface area contributed by atoms with Crippen molar-refractivity contribution in [1.29, 1.82) is 0 Å². The van der Waals surface area contributed by atoms with Crippen molar-refractivity contribution in [3.8, 4) is 0 Å². The predicted molar refractivity (Wildman–Crippen MR) is 118 cm³/mol. The summed E-state index contributed by atoms with van der Waals surface area (Å²) in [5.74, 6) is -1.26. The van der Waals surface area contributed by atoms with Gasteiger partial charge in [0, 0.05) is 37.5 Å². The second-order valence-electron chi connectivity index (χ2n) is 8.07. The molecular weight excluding hydrogens is 474 g/mol. The average Bonchev–Trinajstić information content (AvgIpc) is 2.80. The molecule has 2 heterocycles. The van der Waals surface area contributed by atoms with E-state index in [1.807, 2.05) is 0 Å². The minimum Gasteiger partial charge on any atom is -0.339 e. The highest BCUT2D eigenvalue weighted by Gasteiger charge is 2.35. The lowest BCUT2D eigenvalue weighted by Gasteiger charge is -2.35. The Balaban J connectivity index is 1.29. The zero-order valence-electron chi connectivity index (χ0n) is 17.9. The van der Waals surface area contributed by atoms with E-state index in [0.29, 0.717) is 36.6 Å². The Labute approximate surface area is 197 Å². The molecule has 180 valence electrons. The molecule has 1 unspecified atom stereocenters. The quantitative estimate of drug-likeness (QED) is 0.659. The van der Waals surface area contributed by atoms with Crippen LogP contribution in [0.5, 0.6) is 0 Å². The van der Waals surface area contributed by atoms with Crippen LogP contribution in [0, 0.1) is 5.82 Å². The summed E-state index contributed by atoms with van der Waals surface area (Å²) >= 11 is 1.07. The third-order valence-electron chi connectivity index (χ3n) is 5.74. The Morgan fingerprint density at radius 3 is 2.21 bits per heavy atom. The van der Waals surface area contributed by atoms with E-state index in [1.54, 1.807) is 21.9 Å². The molecule has 0 spiro atoms. The number of piperazine rings is 1. The van der Waals surface area contributed by atoms with Gasteiger partial charge in [-0.2, -0.15) is 13.2 Å². The minimum atomic E-state index is -4.51. The molecule has 2 aromatic rings. The first-order chi connectivity index (χ1) is 16.1. The summed E-state index contributed by atoms with van der Waals surface area (Å²) in [6.07, 6.45) is -4.47. The van der Waals surface area contributed by atoms with Gasteiger partial charge in [0.15, 0.2) is 0 Å². The molecule has 0 bridgehead atoms. The molecule has 34 heavy (non-hydrogen) atoms. The van der Waals surface area contributed by atoms with E-state index in [-0.39, 0.29) is 36.2 Å². The molecule has 4 rings (SSSR count). The summed E-state index contributed by atoms with van der Waals surface area (Å²) in [7, 11) is 0. The molecule has 0 radical (unpaired) electrons. The second-order valence-corrected chi connectivity index (χ2v) is 9.32. The maximum absolute atomic E-state index is 13.0. The van der Waals surface area contributed by atoms with Gasteiger partial charge in [0.1, 0.15) is 5.82 Å². The zero-order valence-corrected chi connectivity index (χ0v) is 18.7. The SMILES string of the molecule is O=C1Nc2cc(C(F)(F)F)ccc2SC1CC(=O)N1CCN(C(=O)Cc2ccc(F)cc2)CC1. The summed E-state index contributed by atoms with van der Waals surface area (Å²) in [5, 5.41) is 1.72. The van der Waals surface area contributed by atoms with Crippen molar-refractivity contribution < 1.29 is 31.9 Å². The van der Waals surface area contributed by atoms with Crippen LogP contribution in [-0.4, -0.2) is 59.0 Å². The highest BCUT2D eigenvalue weighted by molar-refractivity contribution is 8.01. The fraction of sp³-hybridized carbons (Fsp3) is 0.348. The van der Waals surface area contributed by atoms with Crippen LogP contribution in [0.2, 0.25) is 0 Å². The van der Waals surface area contributed by atoms with Gasteiger partial charge in [-0.3, -0.25) is 14.4 Å². The lowest BCUT2D eigenvalue weighted by Crippen LogP contribution is -2.51.